The zero-order valence-corrected chi connectivity index (χ0v) is 13.8. The molecule has 0 fully saturated rings. The van der Waals surface area contributed by atoms with Gasteiger partial charge in [-0.05, 0) is 0 Å². The van der Waals surface area contributed by atoms with Gasteiger partial charge in [0, 0.05) is 0 Å². The van der Waals surface area contributed by atoms with Crippen molar-refractivity contribution in [2.45, 2.75) is 3.72 Å². The number of hydrogen-bond donors (Lipinski definition) is 0. The average Bonchev–Trinajstić information content (AvgIpc) is 2.56. The second-order valence-corrected chi connectivity index (χ2v) is 6.54. The van der Waals surface area contributed by atoms with Crippen LogP contribution in [0.1, 0.15) is 16.7 Å². The van der Waals surface area contributed by atoms with Crippen LogP contribution in [-0.4, -0.2) is 0 Å². The first-order valence-corrected chi connectivity index (χ1v) is 8.00. The summed E-state index contributed by atoms with van der Waals surface area (Å²) in [6.45, 7) is 0. The van der Waals surface area contributed by atoms with Crippen LogP contribution in [0.15, 0.2) is 84.9 Å². The molecule has 0 aliphatic carbocycles. The number of halogens is 1. The fraction of sp³-hybridized carbons (Fsp3) is 0.0526. The normalized spacial score (nSPS) is 11.2. The Morgan fingerprint density at radius 2 is 1.05 bits per heavy atom. The number of benzene rings is 3. The van der Waals surface area contributed by atoms with Gasteiger partial charge in [-0.15, -0.1) is 0 Å². The summed E-state index contributed by atoms with van der Waals surface area (Å²) in [6, 6.07) is 29.1. The number of rotatable bonds is 3. The predicted molar refractivity (Wildman–Crippen MR) is 84.2 cm³/mol. The Kier molecular flexibility index (Phi) is 4.30. The first-order valence-electron chi connectivity index (χ1n) is 6.84. The van der Waals surface area contributed by atoms with Gasteiger partial charge in [-0.2, -0.15) is 0 Å². The van der Waals surface area contributed by atoms with Crippen LogP contribution in [-0.2, 0) is 24.2 Å². The van der Waals surface area contributed by atoms with Gasteiger partial charge in [0.2, 0.25) is 0 Å². The second kappa shape index (κ2) is 6.19. The maximum atomic E-state index is 6.51. The Morgan fingerprint density at radius 1 is 0.619 bits per heavy atom. The van der Waals surface area contributed by atoms with Crippen LogP contribution in [0.5, 0.6) is 0 Å². The Morgan fingerprint density at radius 3 is 1.52 bits per heavy atom. The van der Waals surface area contributed by atoms with Gasteiger partial charge >= 0.3 is 142 Å². The van der Waals surface area contributed by atoms with Gasteiger partial charge in [0.25, 0.3) is 0 Å². The summed E-state index contributed by atoms with van der Waals surface area (Å²) in [5.74, 6) is 0. The van der Waals surface area contributed by atoms with E-state index in [9.17, 15) is 0 Å². The van der Waals surface area contributed by atoms with Gasteiger partial charge in [0.1, 0.15) is 0 Å². The first kappa shape index (κ1) is 14.6. The van der Waals surface area contributed by atoms with E-state index in [1.165, 1.54) is 11.1 Å². The van der Waals surface area contributed by atoms with E-state index in [0.29, 0.717) is 0 Å². The Bertz CT molecular complexity index is 683. The molecule has 3 aromatic rings. The fourth-order valence-electron chi connectivity index (χ4n) is 2.62. The zero-order chi connectivity index (χ0) is 14.7. The van der Waals surface area contributed by atoms with E-state index in [1.807, 2.05) is 30.3 Å². The third-order valence-corrected chi connectivity index (χ3v) is 5.34. The van der Waals surface area contributed by atoms with Crippen molar-refractivity contribution in [3.05, 3.63) is 107 Å². The van der Waals surface area contributed by atoms with E-state index in [1.54, 1.807) is 0 Å². The molecule has 0 atom stereocenters. The molecule has 101 valence electrons. The van der Waals surface area contributed by atoms with E-state index >= 15 is 0 Å². The number of hydrogen-bond acceptors (Lipinski definition) is 0. The summed E-state index contributed by atoms with van der Waals surface area (Å²) in [7, 11) is 0. The van der Waals surface area contributed by atoms with Crippen molar-refractivity contribution in [3.8, 4) is 0 Å². The van der Waals surface area contributed by atoms with Crippen LogP contribution in [0, 0.1) is 0 Å². The fourth-order valence-corrected chi connectivity index (χ4v) is 3.88. The second-order valence-electron chi connectivity index (χ2n) is 4.96. The quantitative estimate of drug-likeness (QED) is 0.460. The molecule has 0 N–H and O–H groups in total. The van der Waals surface area contributed by atoms with Crippen LogP contribution >= 0.6 is 11.6 Å². The molecule has 0 amide bonds. The van der Waals surface area contributed by atoms with E-state index in [4.69, 9.17) is 11.6 Å². The Balaban J connectivity index is 2.29. The minimum atomic E-state index is -0.263. The summed E-state index contributed by atoms with van der Waals surface area (Å²) in [6.07, 6.45) is 0. The van der Waals surface area contributed by atoms with Crippen molar-refractivity contribution in [2.75, 3.05) is 0 Å². The van der Waals surface area contributed by atoms with Gasteiger partial charge in [0.05, 0.1) is 0 Å². The van der Waals surface area contributed by atoms with Crippen LogP contribution in [0.4, 0.5) is 0 Å². The van der Waals surface area contributed by atoms with Crippen molar-refractivity contribution in [1.29, 1.82) is 0 Å². The summed E-state index contributed by atoms with van der Waals surface area (Å²) in [4.78, 5) is 0. The molecule has 0 heterocycles. The molecule has 0 spiro atoms. The van der Waals surface area contributed by atoms with E-state index in [-0.39, 0.29) is 3.72 Å². The summed E-state index contributed by atoms with van der Waals surface area (Å²) in [5, 5.41) is 0.799. The molecule has 0 saturated heterocycles. The van der Waals surface area contributed by atoms with E-state index < -0.39 is 0 Å². The third kappa shape index (κ3) is 2.72. The predicted octanol–water partition coefficient (Wildman–Crippen LogP) is 5.18. The van der Waals surface area contributed by atoms with Crippen molar-refractivity contribution in [2.24, 2.45) is 0 Å². The van der Waals surface area contributed by atoms with Gasteiger partial charge in [-0.3, -0.25) is 0 Å². The van der Waals surface area contributed by atoms with Crippen LogP contribution in [0.25, 0.3) is 0 Å². The maximum absolute atomic E-state index is 6.51. The summed E-state index contributed by atoms with van der Waals surface area (Å²) >= 11 is 8.74. The summed E-state index contributed by atoms with van der Waals surface area (Å²) < 4.78 is -0.263. The molecular formula is C19H14ClTi. The van der Waals surface area contributed by atoms with Gasteiger partial charge < -0.3 is 0 Å². The zero-order valence-electron chi connectivity index (χ0n) is 11.5. The molecule has 0 aliphatic heterocycles. The topological polar surface area (TPSA) is 0 Å². The standard InChI is InChI=1S/C19H14Cl.Ti/c20-18-14-8-7-13-17(18)19(15-9-3-1-4-10-15)16-11-5-2-6-12-16;/h1-14H;. The molecule has 2 heteroatoms. The first-order chi connectivity index (χ1) is 10.2. The molecule has 0 aromatic heterocycles. The van der Waals surface area contributed by atoms with Crippen LogP contribution in [0.3, 0.4) is 0 Å². The molecular weight excluding hydrogens is 312 g/mol. The average molecular weight is 326 g/mol. The molecule has 0 unspecified atom stereocenters. The molecule has 21 heavy (non-hydrogen) atoms. The minimum absolute atomic E-state index is 0.263. The monoisotopic (exact) mass is 325 g/mol. The van der Waals surface area contributed by atoms with Gasteiger partial charge in [-0.1, -0.05) is 0 Å². The molecule has 0 radical (unpaired) electrons. The molecule has 0 aliphatic rings. The van der Waals surface area contributed by atoms with Crippen LogP contribution < -0.4 is 0 Å². The SMILES string of the molecule is Clc1ccccc1[C]([Ti])(c1ccccc1)c1ccccc1. The molecule has 3 rings (SSSR count). The molecule has 0 bridgehead atoms. The van der Waals surface area contributed by atoms with Crippen LogP contribution in [0.2, 0.25) is 5.02 Å². The van der Waals surface area contributed by atoms with Crippen molar-refractivity contribution >= 4 is 11.6 Å². The Labute approximate surface area is 142 Å². The van der Waals surface area contributed by atoms with Crippen molar-refractivity contribution in [3.63, 3.8) is 0 Å². The molecule has 0 saturated carbocycles. The van der Waals surface area contributed by atoms with Gasteiger partial charge in [-0.25, -0.2) is 0 Å². The third-order valence-electron chi connectivity index (χ3n) is 3.69. The molecule has 3 aromatic carbocycles. The van der Waals surface area contributed by atoms with Crippen molar-refractivity contribution < 1.29 is 20.4 Å². The summed E-state index contributed by atoms with van der Waals surface area (Å²) in [5.41, 5.74) is 3.61. The molecule has 0 nitrogen and oxygen atoms in total. The van der Waals surface area contributed by atoms with Gasteiger partial charge in [0.15, 0.2) is 0 Å². The Hall–Kier alpha value is -1.34. The van der Waals surface area contributed by atoms with Crippen molar-refractivity contribution in [1.82, 2.24) is 0 Å². The van der Waals surface area contributed by atoms with E-state index in [0.717, 1.165) is 10.6 Å². The van der Waals surface area contributed by atoms with E-state index in [2.05, 4.69) is 75.0 Å².